The molecule has 1 aromatic carbocycles. The summed E-state index contributed by atoms with van der Waals surface area (Å²) in [6.45, 7) is 7.42. The number of aromatic nitrogens is 4. The fourth-order valence-corrected chi connectivity index (χ4v) is 1.95. The summed E-state index contributed by atoms with van der Waals surface area (Å²) < 4.78 is 5.28. The summed E-state index contributed by atoms with van der Waals surface area (Å²) in [6.07, 6.45) is 0.117. The van der Waals surface area contributed by atoms with Crippen molar-refractivity contribution in [2.24, 2.45) is 0 Å². The van der Waals surface area contributed by atoms with Crippen molar-refractivity contribution in [3.63, 3.8) is 0 Å². The number of ether oxygens (including phenoxy) is 1. The highest BCUT2D eigenvalue weighted by Crippen LogP contribution is 2.12. The lowest BCUT2D eigenvalue weighted by Gasteiger charge is -2.20. The van der Waals surface area contributed by atoms with E-state index in [0.29, 0.717) is 11.4 Å². The van der Waals surface area contributed by atoms with Crippen LogP contribution in [0, 0.1) is 0 Å². The average Bonchev–Trinajstić information content (AvgIpc) is 3.02. The maximum absolute atomic E-state index is 12.3. The first-order chi connectivity index (χ1) is 11.0. The van der Waals surface area contributed by atoms with E-state index in [2.05, 4.69) is 27.7 Å². The molecule has 0 aliphatic rings. The molecule has 124 valence electrons. The molecule has 0 saturated carbocycles. The minimum absolute atomic E-state index is 0.0326. The number of carbonyl (C=O) groups excluding carboxylic acids is 1. The van der Waals surface area contributed by atoms with Gasteiger partial charge in [-0.1, -0.05) is 31.2 Å². The van der Waals surface area contributed by atoms with Crippen molar-refractivity contribution >= 4 is 5.78 Å². The maximum atomic E-state index is 12.3. The van der Waals surface area contributed by atoms with Gasteiger partial charge in [0.05, 0.1) is 6.42 Å². The quantitative estimate of drug-likeness (QED) is 0.744. The number of tetrazole rings is 1. The van der Waals surface area contributed by atoms with Gasteiger partial charge in [0.2, 0.25) is 0 Å². The zero-order valence-electron chi connectivity index (χ0n) is 14.0. The molecule has 0 fully saturated rings. The van der Waals surface area contributed by atoms with Crippen molar-refractivity contribution in [3.05, 3.63) is 41.2 Å². The molecule has 0 amide bonds. The highest BCUT2D eigenvalue weighted by molar-refractivity contribution is 5.97. The number of benzene rings is 1. The smallest absolute Gasteiger partial charge is 0.182 e. The van der Waals surface area contributed by atoms with Crippen LogP contribution >= 0.6 is 0 Å². The number of nitrogens with one attached hydrogen (secondary N) is 1. The van der Waals surface area contributed by atoms with E-state index >= 15 is 0 Å². The third-order valence-electron chi connectivity index (χ3n) is 3.61. The lowest BCUT2D eigenvalue weighted by atomic mass is 10.1. The second-order valence-corrected chi connectivity index (χ2v) is 5.72. The Balaban J connectivity index is 2.02. The molecule has 0 aliphatic heterocycles. The standard InChI is InChI=1S/C16H23N5O2/c1-5-17-11-12-6-8-13(9-7-12)14(22)10-15-18-20-21(19-15)16(2,3)23-4/h6-9,17H,5,10-11H2,1-4H3. The molecule has 1 heterocycles. The van der Waals surface area contributed by atoms with E-state index in [1.54, 1.807) is 7.11 Å². The molecule has 0 atom stereocenters. The highest BCUT2D eigenvalue weighted by Gasteiger charge is 2.23. The van der Waals surface area contributed by atoms with Gasteiger partial charge in [-0.15, -0.1) is 15.0 Å². The Morgan fingerprint density at radius 2 is 2.00 bits per heavy atom. The third-order valence-corrected chi connectivity index (χ3v) is 3.61. The number of rotatable bonds is 8. The Hall–Kier alpha value is -2.12. The van der Waals surface area contributed by atoms with Crippen LogP contribution in [-0.2, 0) is 23.4 Å². The summed E-state index contributed by atoms with van der Waals surface area (Å²) in [5.41, 5.74) is 1.10. The van der Waals surface area contributed by atoms with Crippen molar-refractivity contribution in [2.45, 2.75) is 39.5 Å². The van der Waals surface area contributed by atoms with Gasteiger partial charge in [0.1, 0.15) is 0 Å². The van der Waals surface area contributed by atoms with Crippen molar-refractivity contribution < 1.29 is 9.53 Å². The van der Waals surface area contributed by atoms with Gasteiger partial charge in [-0.3, -0.25) is 4.79 Å². The monoisotopic (exact) mass is 317 g/mol. The van der Waals surface area contributed by atoms with Gasteiger partial charge in [-0.2, -0.15) is 0 Å². The van der Waals surface area contributed by atoms with Crippen LogP contribution in [0.4, 0.5) is 0 Å². The van der Waals surface area contributed by atoms with E-state index in [-0.39, 0.29) is 12.2 Å². The highest BCUT2D eigenvalue weighted by atomic mass is 16.5. The third kappa shape index (κ3) is 4.43. The minimum atomic E-state index is -0.692. The molecule has 0 unspecified atom stereocenters. The van der Waals surface area contributed by atoms with Gasteiger partial charge in [-0.05, 0) is 31.2 Å². The molecule has 0 saturated heterocycles. The van der Waals surface area contributed by atoms with Gasteiger partial charge in [0.25, 0.3) is 0 Å². The van der Waals surface area contributed by atoms with Crippen molar-refractivity contribution in [1.29, 1.82) is 0 Å². The van der Waals surface area contributed by atoms with Crippen LogP contribution in [0.15, 0.2) is 24.3 Å². The van der Waals surface area contributed by atoms with Gasteiger partial charge >= 0.3 is 0 Å². The normalized spacial score (nSPS) is 11.7. The molecule has 2 rings (SSSR count). The molecule has 0 aliphatic carbocycles. The van der Waals surface area contributed by atoms with Crippen LogP contribution in [0.2, 0.25) is 0 Å². The predicted molar refractivity (Wildman–Crippen MR) is 86.0 cm³/mol. The first-order valence-electron chi connectivity index (χ1n) is 7.63. The summed E-state index contributed by atoms with van der Waals surface area (Å²) in [6, 6.07) is 7.57. The van der Waals surface area contributed by atoms with Crippen LogP contribution < -0.4 is 5.32 Å². The molecule has 7 heteroatoms. The van der Waals surface area contributed by atoms with Gasteiger partial charge in [0, 0.05) is 19.2 Å². The number of nitrogens with zero attached hydrogens (tertiary/aromatic N) is 4. The summed E-state index contributed by atoms with van der Waals surface area (Å²) in [5.74, 6) is 0.353. The molecule has 1 N–H and O–H groups in total. The number of methoxy groups -OCH3 is 1. The largest absolute Gasteiger partial charge is 0.356 e. The molecule has 0 spiro atoms. The van der Waals surface area contributed by atoms with E-state index in [1.807, 2.05) is 38.1 Å². The second kappa shape index (κ2) is 7.43. The Bertz CT molecular complexity index is 649. The molecule has 23 heavy (non-hydrogen) atoms. The van der Waals surface area contributed by atoms with Crippen molar-refractivity contribution in [2.75, 3.05) is 13.7 Å². The predicted octanol–water partition coefficient (Wildman–Crippen LogP) is 1.55. The molecule has 0 radical (unpaired) electrons. The lowest BCUT2D eigenvalue weighted by Crippen LogP contribution is -2.30. The van der Waals surface area contributed by atoms with E-state index in [0.717, 1.165) is 18.7 Å². The summed E-state index contributed by atoms with van der Waals surface area (Å²) in [4.78, 5) is 13.7. The number of hydrogen-bond donors (Lipinski definition) is 1. The van der Waals surface area contributed by atoms with E-state index in [1.165, 1.54) is 4.80 Å². The lowest BCUT2D eigenvalue weighted by molar-refractivity contribution is -0.0671. The molecular formula is C16H23N5O2. The SMILES string of the molecule is CCNCc1ccc(C(=O)Cc2nnn(C(C)(C)OC)n2)cc1. The van der Waals surface area contributed by atoms with Crippen LogP contribution in [0.3, 0.4) is 0 Å². The maximum Gasteiger partial charge on any atom is 0.182 e. The molecule has 7 nitrogen and oxygen atoms in total. The zero-order chi connectivity index (χ0) is 16.9. The summed E-state index contributed by atoms with van der Waals surface area (Å²) in [7, 11) is 1.57. The van der Waals surface area contributed by atoms with Gasteiger partial charge < -0.3 is 10.1 Å². The fraction of sp³-hybridized carbons (Fsp3) is 0.500. The first-order valence-corrected chi connectivity index (χ1v) is 7.63. The Kier molecular flexibility index (Phi) is 5.57. The summed E-state index contributed by atoms with van der Waals surface area (Å²) >= 11 is 0. The van der Waals surface area contributed by atoms with Gasteiger partial charge in [-0.25, -0.2) is 0 Å². The molecule has 2 aromatic rings. The molecule has 0 bridgehead atoms. The van der Waals surface area contributed by atoms with Crippen molar-refractivity contribution in [1.82, 2.24) is 25.5 Å². The Labute approximate surface area is 136 Å². The first kappa shape index (κ1) is 17.2. The fourth-order valence-electron chi connectivity index (χ4n) is 1.95. The average molecular weight is 317 g/mol. The minimum Gasteiger partial charge on any atom is -0.356 e. The second-order valence-electron chi connectivity index (χ2n) is 5.72. The summed E-state index contributed by atoms with van der Waals surface area (Å²) in [5, 5.41) is 15.3. The Morgan fingerprint density at radius 3 is 2.61 bits per heavy atom. The van der Waals surface area contributed by atoms with Crippen LogP contribution in [0.5, 0.6) is 0 Å². The number of hydrogen-bond acceptors (Lipinski definition) is 6. The Morgan fingerprint density at radius 1 is 1.30 bits per heavy atom. The molecule has 1 aromatic heterocycles. The zero-order valence-corrected chi connectivity index (χ0v) is 14.0. The topological polar surface area (TPSA) is 81.9 Å². The number of carbonyl (C=O) groups is 1. The van der Waals surface area contributed by atoms with E-state index in [4.69, 9.17) is 4.74 Å². The van der Waals surface area contributed by atoms with E-state index < -0.39 is 5.72 Å². The number of ketones is 1. The number of Topliss-reactive ketones (excluding diaryl/α,β-unsaturated/α-hetero) is 1. The van der Waals surface area contributed by atoms with Gasteiger partial charge in [0.15, 0.2) is 17.3 Å². The van der Waals surface area contributed by atoms with Crippen molar-refractivity contribution in [3.8, 4) is 0 Å². The van der Waals surface area contributed by atoms with Crippen LogP contribution in [-0.4, -0.2) is 39.6 Å². The van der Waals surface area contributed by atoms with E-state index in [9.17, 15) is 4.79 Å². The molecular weight excluding hydrogens is 294 g/mol. The van der Waals surface area contributed by atoms with Crippen LogP contribution in [0.1, 0.15) is 42.5 Å². The van der Waals surface area contributed by atoms with Crippen LogP contribution in [0.25, 0.3) is 0 Å².